The Kier molecular flexibility index (Phi) is 4.50. The van der Waals surface area contributed by atoms with E-state index in [1.807, 2.05) is 30.3 Å². The van der Waals surface area contributed by atoms with Crippen LogP contribution in [0.15, 0.2) is 71.1 Å². The van der Waals surface area contributed by atoms with Crippen molar-refractivity contribution in [2.45, 2.75) is 13.3 Å². The zero-order valence-corrected chi connectivity index (χ0v) is 15.1. The number of hydrogen-bond donors (Lipinski definition) is 0. The molecule has 4 rings (SSSR count). The third-order valence-corrected chi connectivity index (χ3v) is 4.69. The SMILES string of the molecule is CC1=C2N(C#Cc3ccccc3)C=NN2C(=O)C(Cc2ccc(F)cc2)C1=O. The van der Waals surface area contributed by atoms with Gasteiger partial charge in [0.25, 0.3) is 5.91 Å². The van der Waals surface area contributed by atoms with Gasteiger partial charge in [-0.05, 0) is 49.1 Å². The molecule has 2 aliphatic rings. The summed E-state index contributed by atoms with van der Waals surface area (Å²) in [6, 6.07) is 18.1. The number of hydrazone groups is 1. The Balaban J connectivity index is 1.61. The van der Waals surface area contributed by atoms with Crippen LogP contribution in [0, 0.1) is 23.7 Å². The molecule has 0 N–H and O–H groups in total. The third-order valence-electron chi connectivity index (χ3n) is 4.69. The van der Waals surface area contributed by atoms with Crippen LogP contribution in [0.25, 0.3) is 0 Å². The van der Waals surface area contributed by atoms with Crippen LogP contribution in [0.3, 0.4) is 0 Å². The van der Waals surface area contributed by atoms with Crippen molar-refractivity contribution < 1.29 is 14.0 Å². The van der Waals surface area contributed by atoms with Gasteiger partial charge < -0.3 is 0 Å². The van der Waals surface area contributed by atoms with E-state index in [2.05, 4.69) is 17.1 Å². The van der Waals surface area contributed by atoms with E-state index in [-0.39, 0.29) is 18.0 Å². The number of ketones is 1. The number of halogens is 1. The minimum atomic E-state index is -0.881. The number of rotatable bonds is 2. The van der Waals surface area contributed by atoms with Crippen molar-refractivity contribution >= 4 is 18.0 Å². The van der Waals surface area contributed by atoms with Gasteiger partial charge in [-0.1, -0.05) is 30.3 Å². The summed E-state index contributed by atoms with van der Waals surface area (Å²) in [7, 11) is 0. The number of nitrogens with zero attached hydrogens (tertiary/aromatic N) is 3. The maximum absolute atomic E-state index is 13.1. The number of carbonyl (C=O) groups is 2. The van der Waals surface area contributed by atoms with Gasteiger partial charge in [0.1, 0.15) is 18.1 Å². The monoisotopic (exact) mass is 373 g/mol. The van der Waals surface area contributed by atoms with E-state index < -0.39 is 11.8 Å². The van der Waals surface area contributed by atoms with Crippen LogP contribution in [-0.2, 0) is 16.0 Å². The van der Waals surface area contributed by atoms with Gasteiger partial charge in [0.05, 0.1) is 0 Å². The van der Waals surface area contributed by atoms with Crippen LogP contribution in [0.2, 0.25) is 0 Å². The molecule has 0 bridgehead atoms. The molecule has 2 aromatic carbocycles. The van der Waals surface area contributed by atoms with Crippen molar-refractivity contribution in [1.29, 1.82) is 0 Å². The lowest BCUT2D eigenvalue weighted by Gasteiger charge is -2.29. The number of carbonyl (C=O) groups excluding carboxylic acids is 2. The van der Waals surface area contributed by atoms with Crippen LogP contribution < -0.4 is 0 Å². The number of benzene rings is 2. The summed E-state index contributed by atoms with van der Waals surface area (Å²) in [6.45, 7) is 1.67. The van der Waals surface area contributed by atoms with E-state index in [4.69, 9.17) is 0 Å². The average molecular weight is 373 g/mol. The Morgan fingerprint density at radius 2 is 1.79 bits per heavy atom. The van der Waals surface area contributed by atoms with E-state index in [1.165, 1.54) is 28.4 Å². The molecule has 2 aliphatic heterocycles. The lowest BCUT2D eigenvalue weighted by Crippen LogP contribution is -2.43. The second kappa shape index (κ2) is 7.12. The summed E-state index contributed by atoms with van der Waals surface area (Å²) in [5.41, 5.74) is 1.95. The van der Waals surface area contributed by atoms with Crippen LogP contribution in [0.5, 0.6) is 0 Å². The van der Waals surface area contributed by atoms with Gasteiger partial charge >= 0.3 is 0 Å². The van der Waals surface area contributed by atoms with Gasteiger partial charge in [-0.15, -0.1) is 0 Å². The Morgan fingerprint density at radius 3 is 2.50 bits per heavy atom. The number of allylic oxidation sites excluding steroid dienone is 1. The lowest BCUT2D eigenvalue weighted by atomic mass is 9.88. The normalized spacial score (nSPS) is 18.3. The van der Waals surface area contributed by atoms with Crippen LogP contribution in [-0.4, -0.2) is 27.9 Å². The van der Waals surface area contributed by atoms with Gasteiger partial charge in [0.2, 0.25) is 0 Å². The van der Waals surface area contributed by atoms with Gasteiger partial charge in [0.15, 0.2) is 11.6 Å². The summed E-state index contributed by atoms with van der Waals surface area (Å²) < 4.78 is 13.1. The Hall–Kier alpha value is -3.72. The van der Waals surface area contributed by atoms with Gasteiger partial charge in [0, 0.05) is 17.2 Å². The minimum absolute atomic E-state index is 0.199. The minimum Gasteiger partial charge on any atom is -0.294 e. The molecule has 2 heterocycles. The zero-order valence-electron chi connectivity index (χ0n) is 15.1. The standard InChI is InChI=1S/C22H16FN3O2/c1-15-20(27)19(13-17-7-9-18(23)10-8-17)22(28)26-21(15)25(14-24-26)12-11-16-5-3-2-4-6-16/h2-10,14,19H,13H2,1H3. The van der Waals surface area contributed by atoms with Crippen LogP contribution in [0.4, 0.5) is 4.39 Å². The first-order valence-electron chi connectivity index (χ1n) is 8.78. The molecule has 0 aliphatic carbocycles. The number of amides is 1. The van der Waals surface area contributed by atoms with Crippen LogP contribution in [0.1, 0.15) is 18.1 Å². The molecule has 5 nitrogen and oxygen atoms in total. The first-order valence-corrected chi connectivity index (χ1v) is 8.78. The fourth-order valence-corrected chi connectivity index (χ4v) is 3.21. The molecular weight excluding hydrogens is 357 g/mol. The molecule has 138 valence electrons. The van der Waals surface area contributed by atoms with Crippen molar-refractivity contribution in [2.24, 2.45) is 11.0 Å². The van der Waals surface area contributed by atoms with E-state index in [0.717, 1.165) is 5.56 Å². The fraction of sp³-hybridized carbons (Fsp3) is 0.136. The van der Waals surface area contributed by atoms with Gasteiger partial charge in [-0.25, -0.2) is 9.29 Å². The molecule has 0 saturated carbocycles. The largest absolute Gasteiger partial charge is 0.294 e. The molecule has 1 atom stereocenters. The highest BCUT2D eigenvalue weighted by atomic mass is 19.1. The first kappa shape index (κ1) is 17.7. The number of fused-ring (bicyclic) bond motifs is 1. The Morgan fingerprint density at radius 1 is 1.07 bits per heavy atom. The Labute approximate surface area is 161 Å². The topological polar surface area (TPSA) is 53.0 Å². The second-order valence-electron chi connectivity index (χ2n) is 6.55. The maximum Gasteiger partial charge on any atom is 0.260 e. The summed E-state index contributed by atoms with van der Waals surface area (Å²) >= 11 is 0. The first-order chi connectivity index (χ1) is 13.5. The lowest BCUT2D eigenvalue weighted by molar-refractivity contribution is -0.140. The maximum atomic E-state index is 13.1. The highest BCUT2D eigenvalue weighted by molar-refractivity contribution is 6.13. The summed E-state index contributed by atoms with van der Waals surface area (Å²) in [5, 5.41) is 5.36. The molecule has 0 saturated heterocycles. The molecule has 0 spiro atoms. The predicted molar refractivity (Wildman–Crippen MR) is 102 cm³/mol. The highest BCUT2D eigenvalue weighted by Gasteiger charge is 2.43. The molecule has 28 heavy (non-hydrogen) atoms. The number of Topliss-reactive ketones (excluding diaryl/α,β-unsaturated/α-hetero) is 1. The summed E-state index contributed by atoms with van der Waals surface area (Å²) in [4.78, 5) is 27.2. The molecule has 1 amide bonds. The Bertz CT molecular complexity index is 1060. The average Bonchev–Trinajstić information content (AvgIpc) is 3.14. The number of hydrogen-bond acceptors (Lipinski definition) is 4. The van der Waals surface area contributed by atoms with Crippen molar-refractivity contribution in [3.8, 4) is 12.0 Å². The quantitative estimate of drug-likeness (QED) is 0.601. The molecule has 0 aromatic heterocycles. The van der Waals surface area contributed by atoms with E-state index in [1.54, 1.807) is 19.1 Å². The van der Waals surface area contributed by atoms with Crippen molar-refractivity contribution in [2.75, 3.05) is 0 Å². The van der Waals surface area contributed by atoms with Crippen molar-refractivity contribution in [1.82, 2.24) is 9.91 Å². The fourth-order valence-electron chi connectivity index (χ4n) is 3.21. The molecule has 0 radical (unpaired) electrons. The van der Waals surface area contributed by atoms with E-state index in [0.29, 0.717) is 17.0 Å². The predicted octanol–water partition coefficient (Wildman–Crippen LogP) is 2.90. The van der Waals surface area contributed by atoms with Gasteiger partial charge in [-0.2, -0.15) is 10.1 Å². The van der Waals surface area contributed by atoms with Crippen LogP contribution >= 0.6 is 0 Å². The third kappa shape index (κ3) is 3.19. The molecule has 1 unspecified atom stereocenters. The molecular formula is C22H16FN3O2. The van der Waals surface area contributed by atoms with Crippen molar-refractivity contribution in [3.05, 3.63) is 82.9 Å². The van der Waals surface area contributed by atoms with E-state index >= 15 is 0 Å². The molecule has 2 aromatic rings. The summed E-state index contributed by atoms with van der Waals surface area (Å²) in [6.07, 6.45) is 1.63. The second-order valence-corrected chi connectivity index (χ2v) is 6.55. The summed E-state index contributed by atoms with van der Waals surface area (Å²) in [5.74, 6) is 1.45. The molecule has 0 fully saturated rings. The molecule has 6 heteroatoms. The smallest absolute Gasteiger partial charge is 0.260 e. The zero-order chi connectivity index (χ0) is 19.7. The highest BCUT2D eigenvalue weighted by Crippen LogP contribution is 2.31. The van der Waals surface area contributed by atoms with E-state index in [9.17, 15) is 14.0 Å². The van der Waals surface area contributed by atoms with Gasteiger partial charge in [-0.3, -0.25) is 9.59 Å². The van der Waals surface area contributed by atoms with Crippen molar-refractivity contribution in [3.63, 3.8) is 0 Å².